The molecule has 0 aliphatic carbocycles. The van der Waals surface area contributed by atoms with E-state index in [2.05, 4.69) is 26.0 Å². The smallest absolute Gasteiger partial charge is 0.345 e. The van der Waals surface area contributed by atoms with E-state index >= 15 is 0 Å². The first kappa shape index (κ1) is 18.0. The summed E-state index contributed by atoms with van der Waals surface area (Å²) >= 11 is 3.78. The van der Waals surface area contributed by atoms with Crippen LogP contribution in [-0.2, 0) is 19.6 Å². The maximum atomic E-state index is 12.0. The Morgan fingerprint density at radius 2 is 2.14 bits per heavy atom. The van der Waals surface area contributed by atoms with Gasteiger partial charge in [-0.15, -0.1) is 11.3 Å². The van der Waals surface area contributed by atoms with Gasteiger partial charge in [-0.3, -0.25) is 4.79 Å². The van der Waals surface area contributed by atoms with Crippen molar-refractivity contribution in [3.63, 3.8) is 0 Å². The molecule has 0 bridgehead atoms. The fourth-order valence-corrected chi connectivity index (χ4v) is 4.62. The van der Waals surface area contributed by atoms with Gasteiger partial charge in [-0.05, 0) is 22.0 Å². The number of halogens is 1. The highest BCUT2D eigenvalue weighted by Gasteiger charge is 2.23. The quantitative estimate of drug-likeness (QED) is 0.537. The molecule has 21 heavy (non-hydrogen) atoms. The minimum atomic E-state index is -3.97. The summed E-state index contributed by atoms with van der Waals surface area (Å²) in [5, 5.41) is 11.3. The molecule has 0 unspecified atom stereocenters. The Kier molecular flexibility index (Phi) is 6.74. The lowest BCUT2D eigenvalue weighted by Gasteiger charge is -2.06. The van der Waals surface area contributed by atoms with E-state index in [4.69, 9.17) is 9.84 Å². The van der Waals surface area contributed by atoms with Gasteiger partial charge in [-0.1, -0.05) is 0 Å². The third-order valence-corrected chi connectivity index (χ3v) is 5.85. The number of carbonyl (C=O) groups is 2. The number of aromatic carboxylic acids is 1. The molecule has 0 aliphatic heterocycles. The van der Waals surface area contributed by atoms with Crippen molar-refractivity contribution in [3.05, 3.63) is 14.7 Å². The highest BCUT2D eigenvalue weighted by atomic mass is 79.9. The molecular weight excluding hydrogens is 388 g/mol. The topological polar surface area (TPSA) is 122 Å². The number of amides is 1. The van der Waals surface area contributed by atoms with Crippen molar-refractivity contribution in [1.82, 2.24) is 10.0 Å². The number of thiophene rings is 1. The molecule has 11 heteroatoms. The van der Waals surface area contributed by atoms with E-state index in [1.807, 2.05) is 0 Å². The minimum Gasteiger partial charge on any atom is -0.477 e. The van der Waals surface area contributed by atoms with E-state index in [1.54, 1.807) is 0 Å². The summed E-state index contributed by atoms with van der Waals surface area (Å²) in [5.41, 5.74) is 0. The lowest BCUT2D eigenvalue weighted by Crippen LogP contribution is -2.38. The monoisotopic (exact) mass is 400 g/mol. The van der Waals surface area contributed by atoms with Crippen LogP contribution >= 0.6 is 27.3 Å². The summed E-state index contributed by atoms with van der Waals surface area (Å²) in [4.78, 5) is 21.9. The van der Waals surface area contributed by atoms with Crippen LogP contribution in [0.3, 0.4) is 0 Å². The highest BCUT2D eigenvalue weighted by Crippen LogP contribution is 2.31. The predicted octanol–water partition coefficient (Wildman–Crippen LogP) is 0.250. The van der Waals surface area contributed by atoms with Crippen molar-refractivity contribution in [2.75, 3.05) is 26.8 Å². The number of carboxylic acids is 1. The second kappa shape index (κ2) is 7.84. The van der Waals surface area contributed by atoms with Gasteiger partial charge in [0.2, 0.25) is 15.9 Å². The van der Waals surface area contributed by atoms with E-state index in [0.29, 0.717) is 6.61 Å². The number of hydrogen-bond donors (Lipinski definition) is 3. The van der Waals surface area contributed by atoms with Gasteiger partial charge in [0.25, 0.3) is 0 Å². The molecule has 0 fully saturated rings. The Labute approximate surface area is 133 Å². The predicted molar refractivity (Wildman–Crippen MR) is 79.1 cm³/mol. The second-order valence-corrected chi connectivity index (χ2v) is 7.83. The molecule has 0 spiro atoms. The van der Waals surface area contributed by atoms with Gasteiger partial charge in [-0.2, -0.15) is 0 Å². The molecule has 0 saturated heterocycles. The number of methoxy groups -OCH3 is 1. The maximum absolute atomic E-state index is 12.0. The van der Waals surface area contributed by atoms with Gasteiger partial charge in [0, 0.05) is 13.7 Å². The number of carboxylic acid groups (broad SMARTS) is 1. The number of hydrogen-bond acceptors (Lipinski definition) is 6. The van der Waals surface area contributed by atoms with Crippen LogP contribution in [0.5, 0.6) is 0 Å². The zero-order valence-electron chi connectivity index (χ0n) is 10.9. The molecular formula is C10H13BrN2O6S2. The van der Waals surface area contributed by atoms with Gasteiger partial charge < -0.3 is 15.2 Å². The number of carbonyl (C=O) groups excluding carboxylic acids is 1. The zero-order valence-corrected chi connectivity index (χ0v) is 14.1. The van der Waals surface area contributed by atoms with E-state index < -0.39 is 28.4 Å². The van der Waals surface area contributed by atoms with E-state index in [-0.39, 0.29) is 20.1 Å². The highest BCUT2D eigenvalue weighted by molar-refractivity contribution is 9.11. The van der Waals surface area contributed by atoms with Crippen LogP contribution in [0.1, 0.15) is 9.67 Å². The fraction of sp³-hybridized carbons (Fsp3) is 0.400. The zero-order chi connectivity index (χ0) is 16.0. The number of nitrogens with one attached hydrogen (secondary N) is 2. The molecule has 118 valence electrons. The number of rotatable bonds is 8. The molecule has 1 heterocycles. The Morgan fingerprint density at radius 1 is 1.48 bits per heavy atom. The van der Waals surface area contributed by atoms with E-state index in [1.165, 1.54) is 7.11 Å². The van der Waals surface area contributed by atoms with Gasteiger partial charge in [0.05, 0.1) is 16.9 Å². The molecule has 1 amide bonds. The molecule has 3 N–H and O–H groups in total. The van der Waals surface area contributed by atoms with Gasteiger partial charge in [0.15, 0.2) is 0 Å². The van der Waals surface area contributed by atoms with Crippen molar-refractivity contribution in [2.24, 2.45) is 0 Å². The van der Waals surface area contributed by atoms with E-state index in [0.717, 1.165) is 17.4 Å². The van der Waals surface area contributed by atoms with Crippen LogP contribution < -0.4 is 10.0 Å². The molecule has 1 rings (SSSR count). The molecule has 0 aromatic carbocycles. The summed E-state index contributed by atoms with van der Waals surface area (Å²) in [5.74, 6) is -1.74. The molecule has 0 saturated carbocycles. The van der Waals surface area contributed by atoms with Gasteiger partial charge >= 0.3 is 5.97 Å². The maximum Gasteiger partial charge on any atom is 0.345 e. The Morgan fingerprint density at radius 3 is 2.67 bits per heavy atom. The standard InChI is InChI=1S/C10H13BrN2O6S2/c1-19-3-2-12-8(14)5-13-21(17,18)7-4-6(10(15)16)20-9(7)11/h4,13H,2-3,5H2,1H3,(H,12,14)(H,15,16). The summed E-state index contributed by atoms with van der Waals surface area (Å²) < 4.78 is 31.0. The van der Waals surface area contributed by atoms with Gasteiger partial charge in [-0.25, -0.2) is 17.9 Å². The van der Waals surface area contributed by atoms with Crippen molar-refractivity contribution >= 4 is 49.2 Å². The third-order valence-electron chi connectivity index (χ3n) is 2.21. The van der Waals surface area contributed by atoms with Crippen LogP contribution in [0.25, 0.3) is 0 Å². The van der Waals surface area contributed by atoms with Crippen LogP contribution in [0, 0.1) is 0 Å². The van der Waals surface area contributed by atoms with E-state index in [9.17, 15) is 18.0 Å². The van der Waals surface area contributed by atoms with Gasteiger partial charge in [0.1, 0.15) is 9.77 Å². The second-order valence-electron chi connectivity index (χ2n) is 3.72. The molecule has 0 aliphatic rings. The van der Waals surface area contributed by atoms with Crippen LogP contribution in [-0.4, -0.2) is 52.2 Å². The first-order chi connectivity index (χ1) is 9.77. The normalized spacial score (nSPS) is 11.3. The minimum absolute atomic E-state index is 0.119. The fourth-order valence-electron chi connectivity index (χ4n) is 1.23. The lowest BCUT2D eigenvalue weighted by atomic mass is 10.5. The largest absolute Gasteiger partial charge is 0.477 e. The summed E-state index contributed by atoms with van der Waals surface area (Å²) in [6.07, 6.45) is 0. The first-order valence-electron chi connectivity index (χ1n) is 5.56. The summed E-state index contributed by atoms with van der Waals surface area (Å²) in [7, 11) is -2.50. The third kappa shape index (κ3) is 5.36. The van der Waals surface area contributed by atoms with Crippen molar-refractivity contribution < 1.29 is 27.9 Å². The average molecular weight is 401 g/mol. The molecule has 1 aromatic heterocycles. The lowest BCUT2D eigenvalue weighted by molar-refractivity contribution is -0.120. The summed E-state index contributed by atoms with van der Waals surface area (Å²) in [6, 6.07) is 1.03. The van der Waals surface area contributed by atoms with Crippen molar-refractivity contribution in [1.29, 1.82) is 0 Å². The molecule has 8 nitrogen and oxygen atoms in total. The molecule has 0 atom stereocenters. The average Bonchev–Trinajstić information content (AvgIpc) is 2.80. The van der Waals surface area contributed by atoms with Crippen LogP contribution in [0.2, 0.25) is 0 Å². The molecule has 0 radical (unpaired) electrons. The number of sulfonamides is 1. The first-order valence-corrected chi connectivity index (χ1v) is 8.65. The number of ether oxygens (including phenoxy) is 1. The summed E-state index contributed by atoms with van der Waals surface area (Å²) in [6.45, 7) is 0.135. The SMILES string of the molecule is COCCNC(=O)CNS(=O)(=O)c1cc(C(=O)O)sc1Br. The van der Waals surface area contributed by atoms with Crippen LogP contribution in [0.15, 0.2) is 14.7 Å². The van der Waals surface area contributed by atoms with Crippen LogP contribution in [0.4, 0.5) is 0 Å². The molecule has 1 aromatic rings. The Balaban J connectivity index is 2.69. The van der Waals surface area contributed by atoms with Crippen molar-refractivity contribution in [2.45, 2.75) is 4.90 Å². The van der Waals surface area contributed by atoms with Crippen molar-refractivity contribution in [3.8, 4) is 0 Å². The Hall–Kier alpha value is -1.01. The Bertz CT molecular complexity index is 627.